The number of carbonyl (C=O) groups excluding carboxylic acids is 1. The van der Waals surface area contributed by atoms with Crippen LogP contribution in [-0.2, 0) is 0 Å². The van der Waals surface area contributed by atoms with E-state index in [9.17, 15) is 9.59 Å². The van der Waals surface area contributed by atoms with Crippen LogP contribution in [0.3, 0.4) is 0 Å². The lowest BCUT2D eigenvalue weighted by Gasteiger charge is -2.16. The molecule has 1 aromatic heterocycles. The van der Waals surface area contributed by atoms with Crippen molar-refractivity contribution in [3.63, 3.8) is 0 Å². The summed E-state index contributed by atoms with van der Waals surface area (Å²) in [5.74, 6) is 0. The van der Waals surface area contributed by atoms with Crippen molar-refractivity contribution in [1.29, 1.82) is 0 Å². The van der Waals surface area contributed by atoms with Gasteiger partial charge in [-0.25, -0.2) is 4.79 Å². The Morgan fingerprint density at radius 2 is 2.12 bits per heavy atom. The lowest BCUT2D eigenvalue weighted by Crippen LogP contribution is -2.15. The second-order valence-corrected chi connectivity index (χ2v) is 3.84. The predicted octanol–water partition coefficient (Wildman–Crippen LogP) is 2.06. The molecule has 0 fully saturated rings. The molecule has 0 atom stereocenters. The first-order chi connectivity index (χ1) is 8.15. The number of anilines is 1. The van der Waals surface area contributed by atoms with Gasteiger partial charge >= 0.3 is 5.63 Å². The first-order valence-electron chi connectivity index (χ1n) is 5.40. The lowest BCUT2D eigenvalue weighted by molar-refractivity contribution is 0.112. The molecule has 0 saturated heterocycles. The summed E-state index contributed by atoms with van der Waals surface area (Å²) in [6.07, 6.45) is 0.511. The molecule has 0 radical (unpaired) electrons. The van der Waals surface area contributed by atoms with Gasteiger partial charge in [0.1, 0.15) is 11.1 Å². The topological polar surface area (TPSA) is 50.5 Å². The number of aldehydes is 1. The van der Waals surface area contributed by atoms with Gasteiger partial charge in [0.2, 0.25) is 0 Å². The largest absolute Gasteiger partial charge is 0.422 e. The summed E-state index contributed by atoms with van der Waals surface area (Å²) in [7, 11) is 1.96. The Morgan fingerprint density at radius 3 is 2.76 bits per heavy atom. The molecule has 0 amide bonds. The minimum atomic E-state index is -0.594. The number of rotatable bonds is 3. The number of fused-ring (bicyclic) bond motifs is 1. The van der Waals surface area contributed by atoms with Crippen LogP contribution in [0.1, 0.15) is 17.3 Å². The monoisotopic (exact) mass is 231 g/mol. The van der Waals surface area contributed by atoms with E-state index in [1.165, 1.54) is 0 Å². The molecule has 0 N–H and O–H groups in total. The molecule has 88 valence electrons. The summed E-state index contributed by atoms with van der Waals surface area (Å²) < 4.78 is 5.11. The molecule has 0 aliphatic carbocycles. The number of carbonyl (C=O) groups is 1. The molecule has 0 spiro atoms. The van der Waals surface area contributed by atoms with Crippen LogP contribution in [0.5, 0.6) is 0 Å². The maximum Gasteiger partial charge on any atom is 0.346 e. The van der Waals surface area contributed by atoms with E-state index in [1.807, 2.05) is 31.0 Å². The second kappa shape index (κ2) is 4.41. The van der Waals surface area contributed by atoms with Gasteiger partial charge in [-0.15, -0.1) is 0 Å². The first kappa shape index (κ1) is 11.4. The van der Waals surface area contributed by atoms with Crippen LogP contribution < -0.4 is 10.5 Å². The molecule has 1 aromatic carbocycles. The van der Waals surface area contributed by atoms with Gasteiger partial charge < -0.3 is 9.32 Å². The fourth-order valence-electron chi connectivity index (χ4n) is 1.62. The standard InChI is InChI=1S/C13H13NO3/c1-3-14(2)11-5-4-9-6-10(8-15)13(16)17-12(9)7-11/h4-8H,3H2,1-2H3. The van der Waals surface area contributed by atoms with E-state index < -0.39 is 5.63 Å². The Morgan fingerprint density at radius 1 is 1.35 bits per heavy atom. The highest BCUT2D eigenvalue weighted by atomic mass is 16.4. The number of nitrogens with zero attached hydrogens (tertiary/aromatic N) is 1. The molecular formula is C13H13NO3. The van der Waals surface area contributed by atoms with Crippen LogP contribution in [0.15, 0.2) is 33.5 Å². The van der Waals surface area contributed by atoms with Crippen LogP contribution in [0, 0.1) is 0 Å². The van der Waals surface area contributed by atoms with Crippen molar-refractivity contribution < 1.29 is 9.21 Å². The summed E-state index contributed by atoms with van der Waals surface area (Å²) in [5.41, 5.74) is 0.929. The minimum absolute atomic E-state index is 0.0501. The fourth-order valence-corrected chi connectivity index (χ4v) is 1.62. The molecule has 17 heavy (non-hydrogen) atoms. The van der Waals surface area contributed by atoms with E-state index >= 15 is 0 Å². The number of benzene rings is 1. The molecule has 0 aliphatic heterocycles. The average molecular weight is 231 g/mol. The molecular weight excluding hydrogens is 218 g/mol. The van der Waals surface area contributed by atoms with Crippen molar-refractivity contribution in [2.45, 2.75) is 6.92 Å². The zero-order chi connectivity index (χ0) is 12.4. The Balaban J connectivity index is 2.63. The van der Waals surface area contributed by atoms with Crippen LogP contribution in [0.2, 0.25) is 0 Å². The molecule has 2 rings (SSSR count). The van der Waals surface area contributed by atoms with Crippen molar-refractivity contribution in [2.75, 3.05) is 18.5 Å². The van der Waals surface area contributed by atoms with Gasteiger partial charge in [-0.05, 0) is 25.1 Å². The van der Waals surface area contributed by atoms with Gasteiger partial charge in [0.25, 0.3) is 0 Å². The fraction of sp³-hybridized carbons (Fsp3) is 0.231. The van der Waals surface area contributed by atoms with Gasteiger partial charge in [-0.2, -0.15) is 0 Å². The third-order valence-corrected chi connectivity index (χ3v) is 2.79. The predicted molar refractivity (Wildman–Crippen MR) is 66.8 cm³/mol. The molecule has 4 nitrogen and oxygen atoms in total. The highest BCUT2D eigenvalue weighted by Crippen LogP contribution is 2.20. The Labute approximate surface area is 98.5 Å². The van der Waals surface area contributed by atoms with E-state index in [2.05, 4.69) is 0 Å². The SMILES string of the molecule is CCN(C)c1ccc2cc(C=O)c(=O)oc2c1. The third-order valence-electron chi connectivity index (χ3n) is 2.79. The van der Waals surface area contributed by atoms with E-state index in [1.54, 1.807) is 12.1 Å². The molecule has 0 unspecified atom stereocenters. The summed E-state index contributed by atoms with van der Waals surface area (Å²) >= 11 is 0. The molecule has 4 heteroatoms. The van der Waals surface area contributed by atoms with E-state index in [0.717, 1.165) is 17.6 Å². The summed E-state index contributed by atoms with van der Waals surface area (Å²) in [4.78, 5) is 24.1. The smallest absolute Gasteiger partial charge is 0.346 e. The van der Waals surface area contributed by atoms with Crippen molar-refractivity contribution in [1.82, 2.24) is 0 Å². The summed E-state index contributed by atoms with van der Waals surface area (Å²) in [5, 5.41) is 0.750. The molecule has 0 aliphatic rings. The van der Waals surface area contributed by atoms with Gasteiger partial charge in [-0.3, -0.25) is 4.79 Å². The van der Waals surface area contributed by atoms with Crippen LogP contribution >= 0.6 is 0 Å². The maximum absolute atomic E-state index is 11.4. The van der Waals surface area contributed by atoms with Crippen molar-refractivity contribution in [2.24, 2.45) is 0 Å². The number of hydrogen-bond acceptors (Lipinski definition) is 4. The lowest BCUT2D eigenvalue weighted by atomic mass is 10.1. The first-order valence-corrected chi connectivity index (χ1v) is 5.40. The van der Waals surface area contributed by atoms with E-state index in [0.29, 0.717) is 11.9 Å². The Bertz CT molecular complexity index is 616. The molecule has 0 saturated carbocycles. The maximum atomic E-state index is 11.4. The van der Waals surface area contributed by atoms with Crippen molar-refractivity contribution in [3.8, 4) is 0 Å². The van der Waals surface area contributed by atoms with Gasteiger partial charge in [-0.1, -0.05) is 0 Å². The Kier molecular flexibility index (Phi) is 2.95. The summed E-state index contributed by atoms with van der Waals surface area (Å²) in [6, 6.07) is 7.12. The second-order valence-electron chi connectivity index (χ2n) is 3.84. The van der Waals surface area contributed by atoms with Gasteiger partial charge in [0.15, 0.2) is 6.29 Å². The van der Waals surface area contributed by atoms with Gasteiger partial charge in [0, 0.05) is 30.7 Å². The van der Waals surface area contributed by atoms with Crippen LogP contribution in [-0.4, -0.2) is 19.9 Å². The third kappa shape index (κ3) is 2.06. The zero-order valence-electron chi connectivity index (χ0n) is 9.77. The highest BCUT2D eigenvalue weighted by Gasteiger charge is 2.06. The summed E-state index contributed by atoms with van der Waals surface area (Å²) in [6.45, 7) is 2.90. The Hall–Kier alpha value is -2.10. The van der Waals surface area contributed by atoms with Crippen molar-refractivity contribution >= 4 is 22.9 Å². The van der Waals surface area contributed by atoms with Gasteiger partial charge in [0.05, 0.1) is 0 Å². The van der Waals surface area contributed by atoms with Crippen LogP contribution in [0.25, 0.3) is 11.0 Å². The van der Waals surface area contributed by atoms with E-state index in [4.69, 9.17) is 4.42 Å². The van der Waals surface area contributed by atoms with Crippen LogP contribution in [0.4, 0.5) is 5.69 Å². The molecule has 0 bridgehead atoms. The molecule has 2 aromatic rings. The molecule has 1 heterocycles. The highest BCUT2D eigenvalue weighted by molar-refractivity contribution is 5.86. The van der Waals surface area contributed by atoms with Crippen molar-refractivity contribution in [3.05, 3.63) is 40.2 Å². The quantitative estimate of drug-likeness (QED) is 0.599. The average Bonchev–Trinajstić information content (AvgIpc) is 2.36. The van der Waals surface area contributed by atoms with E-state index in [-0.39, 0.29) is 5.56 Å². The zero-order valence-corrected chi connectivity index (χ0v) is 9.77. The normalized spacial score (nSPS) is 10.5. The number of hydrogen-bond donors (Lipinski definition) is 0. The minimum Gasteiger partial charge on any atom is -0.422 e.